The summed E-state index contributed by atoms with van der Waals surface area (Å²) >= 11 is 0. The van der Waals surface area contributed by atoms with Gasteiger partial charge in [-0.15, -0.1) is 0 Å². The zero-order chi connectivity index (χ0) is 15.2. The quantitative estimate of drug-likeness (QED) is 0.765. The fraction of sp³-hybridized carbons (Fsp3) is 0.353. The molecule has 0 N–H and O–H groups in total. The molecule has 1 unspecified atom stereocenters. The number of ether oxygens (including phenoxy) is 1. The van der Waals surface area contributed by atoms with Crippen LogP contribution < -0.4 is 0 Å². The van der Waals surface area contributed by atoms with Crippen molar-refractivity contribution in [2.75, 3.05) is 20.6 Å². The van der Waals surface area contributed by atoms with Gasteiger partial charge in [-0.2, -0.15) is 0 Å². The van der Waals surface area contributed by atoms with E-state index in [4.69, 9.17) is 4.74 Å². The number of hydrogen-bond donors (Lipinski definition) is 0. The van der Waals surface area contributed by atoms with Gasteiger partial charge in [0.1, 0.15) is 6.10 Å². The summed E-state index contributed by atoms with van der Waals surface area (Å²) in [6.45, 7) is 2.64. The molecule has 0 amide bonds. The first-order chi connectivity index (χ1) is 10.0. The van der Waals surface area contributed by atoms with E-state index < -0.39 is 0 Å². The molecule has 1 atom stereocenters. The molecule has 0 aliphatic rings. The van der Waals surface area contributed by atoms with E-state index in [1.165, 1.54) is 0 Å². The Kier molecular flexibility index (Phi) is 5.17. The molecule has 4 nitrogen and oxygen atoms in total. The number of carbonyl (C=O) groups is 1. The number of hydrogen-bond acceptors (Lipinski definition) is 3. The van der Waals surface area contributed by atoms with Gasteiger partial charge in [-0.05, 0) is 50.8 Å². The van der Waals surface area contributed by atoms with Gasteiger partial charge in [-0.3, -0.25) is 4.79 Å². The molecule has 2 aromatic rings. The third-order valence-corrected chi connectivity index (χ3v) is 3.14. The average Bonchev–Trinajstić information content (AvgIpc) is 2.92. The van der Waals surface area contributed by atoms with Gasteiger partial charge in [0.05, 0.1) is 6.42 Å². The van der Waals surface area contributed by atoms with Crippen molar-refractivity contribution >= 4 is 5.97 Å². The number of carbonyl (C=O) groups excluding carboxylic acids is 1. The van der Waals surface area contributed by atoms with E-state index >= 15 is 0 Å². The fourth-order valence-corrected chi connectivity index (χ4v) is 2.28. The molecule has 0 saturated carbocycles. The summed E-state index contributed by atoms with van der Waals surface area (Å²) in [6.07, 6.45) is 4.20. The van der Waals surface area contributed by atoms with E-state index in [0.29, 0.717) is 6.42 Å². The molecule has 0 bridgehead atoms. The zero-order valence-corrected chi connectivity index (χ0v) is 12.8. The Morgan fingerprint density at radius 3 is 2.38 bits per heavy atom. The van der Waals surface area contributed by atoms with Crippen molar-refractivity contribution < 1.29 is 9.53 Å². The first-order valence-electron chi connectivity index (χ1n) is 7.11. The maximum atomic E-state index is 11.9. The third kappa shape index (κ3) is 4.76. The topological polar surface area (TPSA) is 34.5 Å². The fourth-order valence-electron chi connectivity index (χ4n) is 2.28. The van der Waals surface area contributed by atoms with E-state index in [1.54, 1.807) is 0 Å². The Morgan fingerprint density at radius 2 is 1.81 bits per heavy atom. The lowest BCUT2D eigenvalue weighted by Gasteiger charge is -2.17. The van der Waals surface area contributed by atoms with E-state index in [2.05, 4.69) is 0 Å². The minimum Gasteiger partial charge on any atom is -0.461 e. The standard InChI is InChI=1S/C17H22N2O2/c1-14(13-18(2)3)21-17(20)12-15-6-8-16(9-7-15)19-10-4-5-11-19/h4-11,14H,12-13H2,1-3H3. The van der Waals surface area contributed by atoms with Crippen molar-refractivity contribution in [2.45, 2.75) is 19.4 Å². The van der Waals surface area contributed by atoms with E-state index in [9.17, 15) is 4.79 Å². The van der Waals surface area contributed by atoms with Gasteiger partial charge in [0.15, 0.2) is 0 Å². The van der Waals surface area contributed by atoms with Gasteiger partial charge in [0.2, 0.25) is 0 Å². The van der Waals surface area contributed by atoms with Gasteiger partial charge in [0.25, 0.3) is 0 Å². The molecule has 0 aliphatic carbocycles. The Morgan fingerprint density at radius 1 is 1.19 bits per heavy atom. The lowest BCUT2D eigenvalue weighted by molar-refractivity contribution is -0.147. The maximum absolute atomic E-state index is 11.9. The molecular formula is C17H22N2O2. The summed E-state index contributed by atoms with van der Waals surface area (Å²) in [7, 11) is 3.93. The van der Waals surface area contributed by atoms with Gasteiger partial charge in [-0.25, -0.2) is 0 Å². The van der Waals surface area contributed by atoms with E-state index in [0.717, 1.165) is 17.8 Å². The number of likely N-dealkylation sites (N-methyl/N-ethyl adjacent to an activating group) is 1. The van der Waals surface area contributed by atoms with Crippen molar-refractivity contribution in [3.05, 3.63) is 54.4 Å². The lowest BCUT2D eigenvalue weighted by Crippen LogP contribution is -2.28. The molecule has 0 saturated heterocycles. The van der Waals surface area contributed by atoms with Crippen LogP contribution in [0.1, 0.15) is 12.5 Å². The molecule has 21 heavy (non-hydrogen) atoms. The molecule has 0 radical (unpaired) electrons. The highest BCUT2D eigenvalue weighted by Gasteiger charge is 2.11. The molecule has 2 rings (SSSR count). The predicted molar refractivity (Wildman–Crippen MR) is 83.6 cm³/mol. The molecule has 112 valence electrons. The van der Waals surface area contributed by atoms with Crippen LogP contribution in [0.2, 0.25) is 0 Å². The largest absolute Gasteiger partial charge is 0.461 e. The lowest BCUT2D eigenvalue weighted by atomic mass is 10.1. The summed E-state index contributed by atoms with van der Waals surface area (Å²) in [5.41, 5.74) is 2.05. The predicted octanol–water partition coefficient (Wildman–Crippen LogP) is 2.51. The highest BCUT2D eigenvalue weighted by Crippen LogP contribution is 2.11. The van der Waals surface area contributed by atoms with Crippen molar-refractivity contribution in [1.29, 1.82) is 0 Å². The summed E-state index contributed by atoms with van der Waals surface area (Å²) in [5, 5.41) is 0. The number of rotatable bonds is 6. The highest BCUT2D eigenvalue weighted by atomic mass is 16.5. The Hall–Kier alpha value is -2.07. The number of nitrogens with zero attached hydrogens (tertiary/aromatic N) is 2. The highest BCUT2D eigenvalue weighted by molar-refractivity contribution is 5.72. The van der Waals surface area contributed by atoms with Crippen molar-refractivity contribution in [1.82, 2.24) is 9.47 Å². The minimum atomic E-state index is -0.182. The maximum Gasteiger partial charge on any atom is 0.310 e. The molecule has 0 spiro atoms. The first-order valence-corrected chi connectivity index (χ1v) is 7.11. The smallest absolute Gasteiger partial charge is 0.310 e. The van der Waals surface area contributed by atoms with Crippen LogP contribution in [0.3, 0.4) is 0 Å². The molecular weight excluding hydrogens is 264 g/mol. The Balaban J connectivity index is 1.90. The second-order valence-corrected chi connectivity index (χ2v) is 5.50. The molecule has 1 aromatic heterocycles. The summed E-state index contributed by atoms with van der Waals surface area (Å²) in [5.74, 6) is -0.182. The summed E-state index contributed by atoms with van der Waals surface area (Å²) in [6, 6.07) is 11.9. The number of esters is 1. The molecule has 0 fully saturated rings. The average molecular weight is 286 g/mol. The van der Waals surface area contributed by atoms with Crippen LogP contribution >= 0.6 is 0 Å². The monoisotopic (exact) mass is 286 g/mol. The Bertz CT molecular complexity index is 559. The van der Waals surface area contributed by atoms with Gasteiger partial charge in [0, 0.05) is 24.6 Å². The zero-order valence-electron chi connectivity index (χ0n) is 12.8. The van der Waals surface area contributed by atoms with Crippen molar-refractivity contribution in [3.63, 3.8) is 0 Å². The first kappa shape index (κ1) is 15.3. The minimum absolute atomic E-state index is 0.0911. The van der Waals surface area contributed by atoms with Crippen LogP contribution in [0.15, 0.2) is 48.8 Å². The van der Waals surface area contributed by atoms with Crippen LogP contribution in [0.5, 0.6) is 0 Å². The van der Waals surface area contributed by atoms with Crippen molar-refractivity contribution in [2.24, 2.45) is 0 Å². The van der Waals surface area contributed by atoms with Crippen LogP contribution in [-0.4, -0.2) is 42.2 Å². The number of aromatic nitrogens is 1. The summed E-state index contributed by atoms with van der Waals surface area (Å²) in [4.78, 5) is 13.9. The molecule has 1 aromatic carbocycles. The van der Waals surface area contributed by atoms with Crippen LogP contribution in [0.25, 0.3) is 5.69 Å². The number of benzene rings is 1. The van der Waals surface area contributed by atoms with Crippen LogP contribution in [0, 0.1) is 0 Å². The Labute approximate surface area is 125 Å². The normalized spacial score (nSPS) is 12.4. The molecule has 0 aliphatic heterocycles. The van der Waals surface area contributed by atoms with Crippen molar-refractivity contribution in [3.8, 4) is 5.69 Å². The van der Waals surface area contributed by atoms with Gasteiger partial charge in [-0.1, -0.05) is 12.1 Å². The second kappa shape index (κ2) is 7.09. The van der Waals surface area contributed by atoms with E-state index in [1.807, 2.05) is 79.3 Å². The SMILES string of the molecule is CC(CN(C)C)OC(=O)Cc1ccc(-n2cccc2)cc1. The second-order valence-electron chi connectivity index (χ2n) is 5.50. The summed E-state index contributed by atoms with van der Waals surface area (Å²) < 4.78 is 7.41. The van der Waals surface area contributed by atoms with E-state index in [-0.39, 0.29) is 12.1 Å². The van der Waals surface area contributed by atoms with Crippen LogP contribution in [0.4, 0.5) is 0 Å². The molecule has 4 heteroatoms. The van der Waals surface area contributed by atoms with Gasteiger partial charge < -0.3 is 14.2 Å². The molecule has 1 heterocycles. The van der Waals surface area contributed by atoms with Crippen LogP contribution in [-0.2, 0) is 16.0 Å². The van der Waals surface area contributed by atoms with Gasteiger partial charge >= 0.3 is 5.97 Å². The third-order valence-electron chi connectivity index (χ3n) is 3.14.